The van der Waals surface area contributed by atoms with Gasteiger partial charge in [-0.3, -0.25) is 0 Å². The van der Waals surface area contributed by atoms with Crippen LogP contribution in [0.2, 0.25) is 0 Å². The molecule has 1 unspecified atom stereocenters. The Morgan fingerprint density at radius 3 is 2.71 bits per heavy atom. The zero-order valence-electron chi connectivity index (χ0n) is 8.20. The van der Waals surface area contributed by atoms with Crippen molar-refractivity contribution in [3.05, 3.63) is 24.0 Å². The van der Waals surface area contributed by atoms with E-state index in [9.17, 15) is 0 Å². The van der Waals surface area contributed by atoms with E-state index in [1.807, 2.05) is 12.2 Å². The first-order chi connectivity index (χ1) is 6.71. The second-order valence-corrected chi connectivity index (χ2v) is 3.94. The number of nitrogens with one attached hydrogen (secondary N) is 1. The lowest BCUT2D eigenvalue weighted by molar-refractivity contribution is 0.0432. The van der Waals surface area contributed by atoms with Gasteiger partial charge in [0.15, 0.2) is 0 Å². The first-order valence-corrected chi connectivity index (χ1v) is 5.00. The summed E-state index contributed by atoms with van der Waals surface area (Å²) in [4.78, 5) is 0. The number of allylic oxidation sites excluding steroid dienone is 1. The van der Waals surface area contributed by atoms with Gasteiger partial charge < -0.3 is 21.5 Å². The summed E-state index contributed by atoms with van der Waals surface area (Å²) in [6.07, 6.45) is 7.60. The lowest BCUT2D eigenvalue weighted by Gasteiger charge is -2.39. The van der Waals surface area contributed by atoms with E-state index in [4.69, 9.17) is 16.2 Å². The van der Waals surface area contributed by atoms with Crippen LogP contribution in [0.4, 0.5) is 0 Å². The fraction of sp³-hybridized carbons (Fsp3) is 0.600. The maximum Gasteiger partial charge on any atom is 0.108 e. The Morgan fingerprint density at radius 2 is 2.14 bits per heavy atom. The molecule has 0 aromatic rings. The Labute approximate surface area is 84.0 Å². The molecule has 0 radical (unpaired) electrons. The van der Waals surface area contributed by atoms with Crippen molar-refractivity contribution in [3.63, 3.8) is 0 Å². The fourth-order valence-corrected chi connectivity index (χ4v) is 1.97. The van der Waals surface area contributed by atoms with Gasteiger partial charge in [-0.15, -0.1) is 0 Å². The molecule has 2 aliphatic rings. The average molecular weight is 195 g/mol. The van der Waals surface area contributed by atoms with E-state index in [1.165, 1.54) is 0 Å². The third kappa shape index (κ3) is 1.76. The van der Waals surface area contributed by atoms with E-state index < -0.39 is 5.66 Å². The molecule has 5 N–H and O–H groups in total. The van der Waals surface area contributed by atoms with Crippen LogP contribution in [0.25, 0.3) is 0 Å². The Kier molecular flexibility index (Phi) is 2.48. The minimum Gasteiger partial charge on any atom is -0.398 e. The summed E-state index contributed by atoms with van der Waals surface area (Å²) < 4.78 is 5.31. The van der Waals surface area contributed by atoms with Gasteiger partial charge in [0.2, 0.25) is 0 Å². The second-order valence-electron chi connectivity index (χ2n) is 3.94. The first kappa shape index (κ1) is 9.55. The van der Waals surface area contributed by atoms with Crippen LogP contribution in [-0.2, 0) is 4.74 Å². The van der Waals surface area contributed by atoms with Gasteiger partial charge in [0, 0.05) is 31.0 Å². The van der Waals surface area contributed by atoms with Crippen molar-refractivity contribution in [3.8, 4) is 0 Å². The molecule has 0 saturated carbocycles. The van der Waals surface area contributed by atoms with Gasteiger partial charge in [0.1, 0.15) is 5.66 Å². The zero-order chi connectivity index (χ0) is 10.0. The van der Waals surface area contributed by atoms with Crippen LogP contribution in [0.15, 0.2) is 24.0 Å². The smallest absolute Gasteiger partial charge is 0.108 e. The normalized spacial score (nSPS) is 33.6. The van der Waals surface area contributed by atoms with E-state index in [0.29, 0.717) is 5.92 Å². The average Bonchev–Trinajstić information content (AvgIpc) is 2.24. The van der Waals surface area contributed by atoms with Crippen LogP contribution in [0.3, 0.4) is 0 Å². The molecule has 1 fully saturated rings. The molecule has 2 aliphatic heterocycles. The van der Waals surface area contributed by atoms with Gasteiger partial charge >= 0.3 is 0 Å². The van der Waals surface area contributed by atoms with E-state index >= 15 is 0 Å². The van der Waals surface area contributed by atoms with Crippen LogP contribution >= 0.6 is 0 Å². The minimum atomic E-state index is -0.438. The molecule has 14 heavy (non-hydrogen) atoms. The summed E-state index contributed by atoms with van der Waals surface area (Å²) in [6.45, 7) is 1.61. The van der Waals surface area contributed by atoms with E-state index in [2.05, 4.69) is 5.32 Å². The molecule has 0 aromatic heterocycles. The van der Waals surface area contributed by atoms with Crippen LogP contribution in [-0.4, -0.2) is 18.9 Å². The number of hydrogen-bond acceptors (Lipinski definition) is 4. The van der Waals surface area contributed by atoms with Gasteiger partial charge in [-0.1, -0.05) is 0 Å². The SMILES string of the molecule is NC1=CNC(N)(C2CCOCC2)C=C1. The molecule has 0 amide bonds. The van der Waals surface area contributed by atoms with Crippen molar-refractivity contribution in [2.24, 2.45) is 17.4 Å². The molecule has 1 atom stereocenters. The number of nitrogens with two attached hydrogens (primary N) is 2. The highest BCUT2D eigenvalue weighted by molar-refractivity contribution is 5.25. The summed E-state index contributed by atoms with van der Waals surface area (Å²) in [5, 5.41) is 3.16. The van der Waals surface area contributed by atoms with Crippen molar-refractivity contribution in [2.75, 3.05) is 13.2 Å². The first-order valence-electron chi connectivity index (χ1n) is 5.00. The van der Waals surface area contributed by atoms with Gasteiger partial charge in [0.05, 0.1) is 0 Å². The molecule has 2 rings (SSSR count). The zero-order valence-corrected chi connectivity index (χ0v) is 8.20. The van der Waals surface area contributed by atoms with Crippen LogP contribution in [0, 0.1) is 5.92 Å². The number of dihydropyridines is 1. The minimum absolute atomic E-state index is 0.428. The number of ether oxygens (including phenoxy) is 1. The molecule has 0 aliphatic carbocycles. The highest BCUT2D eigenvalue weighted by Gasteiger charge is 2.33. The summed E-state index contributed by atoms with van der Waals surface area (Å²) >= 11 is 0. The summed E-state index contributed by atoms with van der Waals surface area (Å²) in [7, 11) is 0. The van der Waals surface area contributed by atoms with E-state index in [0.717, 1.165) is 31.8 Å². The lowest BCUT2D eigenvalue weighted by Crippen LogP contribution is -2.57. The standard InChI is InChI=1S/C10H17N3O/c11-9-1-4-10(12,13-7-9)8-2-5-14-6-3-8/h1,4,7-8,13H,2-3,5-6,11-12H2. The molecule has 78 valence electrons. The van der Waals surface area contributed by atoms with E-state index in [-0.39, 0.29) is 0 Å². The van der Waals surface area contributed by atoms with Crippen molar-refractivity contribution in [2.45, 2.75) is 18.5 Å². The molecule has 4 heteroatoms. The fourth-order valence-electron chi connectivity index (χ4n) is 1.97. The molecular formula is C10H17N3O. The third-order valence-electron chi connectivity index (χ3n) is 2.94. The summed E-state index contributed by atoms with van der Waals surface area (Å²) in [6, 6.07) is 0. The van der Waals surface area contributed by atoms with Crippen LogP contribution in [0.5, 0.6) is 0 Å². The Hall–Kier alpha value is -1.00. The van der Waals surface area contributed by atoms with Crippen molar-refractivity contribution in [1.29, 1.82) is 0 Å². The molecule has 1 saturated heterocycles. The summed E-state index contributed by atoms with van der Waals surface area (Å²) in [5.74, 6) is 0.428. The van der Waals surface area contributed by atoms with Crippen molar-refractivity contribution < 1.29 is 4.74 Å². The predicted molar refractivity (Wildman–Crippen MR) is 55.0 cm³/mol. The maximum atomic E-state index is 6.24. The van der Waals surface area contributed by atoms with Crippen molar-refractivity contribution >= 4 is 0 Å². The number of hydrogen-bond donors (Lipinski definition) is 3. The molecule has 0 spiro atoms. The van der Waals surface area contributed by atoms with Crippen LogP contribution < -0.4 is 16.8 Å². The molecule has 0 aromatic carbocycles. The summed E-state index contributed by atoms with van der Waals surface area (Å²) in [5.41, 5.74) is 12.1. The Bertz CT molecular complexity index is 269. The monoisotopic (exact) mass is 195 g/mol. The second kappa shape index (κ2) is 3.63. The van der Waals surface area contributed by atoms with Gasteiger partial charge in [0.25, 0.3) is 0 Å². The van der Waals surface area contributed by atoms with E-state index in [1.54, 1.807) is 6.20 Å². The lowest BCUT2D eigenvalue weighted by atomic mass is 9.85. The highest BCUT2D eigenvalue weighted by Crippen LogP contribution is 2.26. The Morgan fingerprint density at radius 1 is 1.43 bits per heavy atom. The Balaban J connectivity index is 2.05. The maximum absolute atomic E-state index is 6.24. The third-order valence-corrected chi connectivity index (χ3v) is 2.94. The van der Waals surface area contributed by atoms with Gasteiger partial charge in [-0.05, 0) is 25.0 Å². The van der Waals surface area contributed by atoms with Crippen LogP contribution in [0.1, 0.15) is 12.8 Å². The molecule has 2 heterocycles. The highest BCUT2D eigenvalue weighted by atomic mass is 16.5. The van der Waals surface area contributed by atoms with Crippen molar-refractivity contribution in [1.82, 2.24) is 5.32 Å². The topological polar surface area (TPSA) is 73.3 Å². The predicted octanol–water partition coefficient (Wildman–Crippen LogP) is 0.0275. The molecule has 0 bridgehead atoms. The number of rotatable bonds is 1. The molecule has 4 nitrogen and oxygen atoms in total. The van der Waals surface area contributed by atoms with Gasteiger partial charge in [-0.25, -0.2) is 0 Å². The quantitative estimate of drug-likeness (QED) is 0.552. The largest absolute Gasteiger partial charge is 0.398 e. The van der Waals surface area contributed by atoms with Gasteiger partial charge in [-0.2, -0.15) is 0 Å². The molecular weight excluding hydrogens is 178 g/mol.